The molecule has 0 bridgehead atoms. The van der Waals surface area contributed by atoms with Crippen molar-refractivity contribution in [1.29, 1.82) is 0 Å². The fourth-order valence-electron chi connectivity index (χ4n) is 1.52. The van der Waals surface area contributed by atoms with E-state index in [-0.39, 0.29) is 11.7 Å². The third-order valence-corrected chi connectivity index (χ3v) is 3.22. The minimum absolute atomic E-state index is 0.0991. The maximum absolute atomic E-state index is 9.34. The lowest BCUT2D eigenvalue weighted by atomic mass is 10.1. The Kier molecular flexibility index (Phi) is 5.69. The second-order valence-corrected chi connectivity index (χ2v) is 5.06. The molecule has 0 spiro atoms. The maximum Gasteiger partial charge on any atom is 0.149 e. The number of aliphatic hydroxyl groups excluding tert-OH is 1. The zero-order valence-electron chi connectivity index (χ0n) is 10.7. The van der Waals surface area contributed by atoms with Crippen molar-refractivity contribution in [3.8, 4) is 0 Å². The van der Waals surface area contributed by atoms with Crippen molar-refractivity contribution >= 4 is 0 Å². The molecule has 0 amide bonds. The number of nitrogens with zero attached hydrogens (tertiary/aromatic N) is 1. The van der Waals surface area contributed by atoms with E-state index in [4.69, 9.17) is 9.47 Å². The van der Waals surface area contributed by atoms with Crippen LogP contribution in [0, 0.1) is 0 Å². The van der Waals surface area contributed by atoms with Gasteiger partial charge in [0.05, 0.1) is 11.7 Å². The lowest BCUT2D eigenvalue weighted by molar-refractivity contribution is -0.151. The third kappa shape index (κ3) is 5.25. The molecule has 0 aliphatic carbocycles. The largest absolute Gasteiger partial charge is 0.393 e. The smallest absolute Gasteiger partial charge is 0.149 e. The Balaban J connectivity index is 2.03. The highest BCUT2D eigenvalue weighted by Gasteiger charge is 2.18. The summed E-state index contributed by atoms with van der Waals surface area (Å²) in [7, 11) is 0. The number of aliphatic hydroxyl groups is 1. The van der Waals surface area contributed by atoms with E-state index < -0.39 is 0 Å². The highest BCUT2D eigenvalue weighted by atomic mass is 16.7. The number of piperidine rings is 1. The molecule has 16 heavy (non-hydrogen) atoms. The summed E-state index contributed by atoms with van der Waals surface area (Å²) in [4.78, 5) is 2.20. The van der Waals surface area contributed by atoms with Crippen LogP contribution < -0.4 is 0 Å². The van der Waals surface area contributed by atoms with Crippen LogP contribution >= 0.6 is 0 Å². The van der Waals surface area contributed by atoms with Crippen LogP contribution in [0.15, 0.2) is 0 Å². The van der Waals surface area contributed by atoms with Crippen LogP contribution in [-0.2, 0) is 9.47 Å². The summed E-state index contributed by atoms with van der Waals surface area (Å²) in [5.41, 5.74) is -0.0991. The zero-order valence-corrected chi connectivity index (χ0v) is 10.7. The summed E-state index contributed by atoms with van der Waals surface area (Å²) in [6, 6.07) is 0. The van der Waals surface area contributed by atoms with Gasteiger partial charge in [-0.05, 0) is 33.1 Å². The van der Waals surface area contributed by atoms with Gasteiger partial charge in [0.1, 0.15) is 13.5 Å². The quantitative estimate of drug-likeness (QED) is 0.556. The van der Waals surface area contributed by atoms with Crippen LogP contribution in [0.1, 0.15) is 40.0 Å². The molecule has 0 atom stereocenters. The molecular weight excluding hydrogens is 206 g/mol. The standard InChI is InChI=1S/C12H25NO3/c1-4-12(2,3)16-10-15-9-13-7-5-11(14)6-8-13/h11,14H,4-10H2,1-3H3. The lowest BCUT2D eigenvalue weighted by Crippen LogP contribution is -2.37. The van der Waals surface area contributed by atoms with Gasteiger partial charge in [-0.15, -0.1) is 0 Å². The second kappa shape index (κ2) is 6.55. The summed E-state index contributed by atoms with van der Waals surface area (Å²) in [6.07, 6.45) is 2.56. The fourth-order valence-corrected chi connectivity index (χ4v) is 1.52. The van der Waals surface area contributed by atoms with Crippen LogP contribution in [0.3, 0.4) is 0 Å². The first-order chi connectivity index (χ1) is 7.53. The Labute approximate surface area is 98.5 Å². The van der Waals surface area contributed by atoms with Gasteiger partial charge >= 0.3 is 0 Å². The maximum atomic E-state index is 9.34. The molecule has 0 aromatic heterocycles. The van der Waals surface area contributed by atoms with Gasteiger partial charge in [0.25, 0.3) is 0 Å². The van der Waals surface area contributed by atoms with Crippen LogP contribution in [-0.4, -0.2) is 48.3 Å². The molecule has 0 aromatic rings. The van der Waals surface area contributed by atoms with Crippen molar-refractivity contribution < 1.29 is 14.6 Å². The topological polar surface area (TPSA) is 41.9 Å². The van der Waals surface area contributed by atoms with Crippen molar-refractivity contribution in [2.45, 2.75) is 51.7 Å². The van der Waals surface area contributed by atoms with Gasteiger partial charge in [0, 0.05) is 13.1 Å². The SMILES string of the molecule is CCC(C)(C)OCOCN1CCC(O)CC1. The van der Waals surface area contributed by atoms with Crippen molar-refractivity contribution in [1.82, 2.24) is 4.90 Å². The number of hydrogen-bond donors (Lipinski definition) is 1. The summed E-state index contributed by atoms with van der Waals surface area (Å²) >= 11 is 0. The Morgan fingerprint density at radius 2 is 1.94 bits per heavy atom. The monoisotopic (exact) mass is 231 g/mol. The normalized spacial score (nSPS) is 20.2. The predicted octanol–water partition coefficient (Wildman–Crippen LogP) is 1.58. The van der Waals surface area contributed by atoms with Gasteiger partial charge in [-0.25, -0.2) is 0 Å². The molecule has 0 aromatic carbocycles. The predicted molar refractivity (Wildman–Crippen MR) is 63.1 cm³/mol. The minimum Gasteiger partial charge on any atom is -0.393 e. The fraction of sp³-hybridized carbons (Fsp3) is 1.00. The summed E-state index contributed by atoms with van der Waals surface area (Å²) in [6.45, 7) is 9.01. The molecule has 96 valence electrons. The van der Waals surface area contributed by atoms with E-state index in [1.165, 1.54) is 0 Å². The number of likely N-dealkylation sites (tertiary alicyclic amines) is 1. The van der Waals surface area contributed by atoms with Crippen molar-refractivity contribution in [3.05, 3.63) is 0 Å². The Hall–Kier alpha value is -0.160. The van der Waals surface area contributed by atoms with Crippen LogP contribution in [0.2, 0.25) is 0 Å². The number of rotatable bonds is 6. The molecule has 0 unspecified atom stereocenters. The molecule has 1 aliphatic heterocycles. The molecule has 0 saturated carbocycles. The molecule has 4 nitrogen and oxygen atoms in total. The third-order valence-electron chi connectivity index (χ3n) is 3.22. The highest BCUT2D eigenvalue weighted by molar-refractivity contribution is 4.68. The minimum atomic E-state index is -0.119. The van der Waals surface area contributed by atoms with Gasteiger partial charge in [0.2, 0.25) is 0 Å². The molecule has 1 heterocycles. The van der Waals surface area contributed by atoms with Gasteiger partial charge in [-0.1, -0.05) is 6.92 Å². The van der Waals surface area contributed by atoms with Crippen molar-refractivity contribution in [2.24, 2.45) is 0 Å². The molecule has 1 aliphatic rings. The molecular formula is C12H25NO3. The second-order valence-electron chi connectivity index (χ2n) is 5.06. The van der Waals surface area contributed by atoms with Crippen LogP contribution in [0.5, 0.6) is 0 Å². The first-order valence-corrected chi connectivity index (χ1v) is 6.15. The molecule has 4 heteroatoms. The average molecular weight is 231 g/mol. The molecule has 0 radical (unpaired) electrons. The van der Waals surface area contributed by atoms with Crippen molar-refractivity contribution in [2.75, 3.05) is 26.6 Å². The number of hydrogen-bond acceptors (Lipinski definition) is 4. The van der Waals surface area contributed by atoms with Crippen LogP contribution in [0.25, 0.3) is 0 Å². The first-order valence-electron chi connectivity index (χ1n) is 6.15. The summed E-state index contributed by atoms with van der Waals surface area (Å²) in [5.74, 6) is 0. The van der Waals surface area contributed by atoms with Gasteiger partial charge in [0.15, 0.2) is 0 Å². The Morgan fingerprint density at radius 1 is 1.31 bits per heavy atom. The summed E-state index contributed by atoms with van der Waals surface area (Å²) < 4.78 is 11.1. The first kappa shape index (κ1) is 13.9. The van der Waals surface area contributed by atoms with Gasteiger partial charge in [-0.2, -0.15) is 0 Å². The summed E-state index contributed by atoms with van der Waals surface area (Å²) in [5, 5.41) is 9.34. The van der Waals surface area contributed by atoms with Crippen molar-refractivity contribution in [3.63, 3.8) is 0 Å². The average Bonchev–Trinajstić information content (AvgIpc) is 2.27. The molecule has 1 N–H and O–H groups in total. The van der Waals surface area contributed by atoms with E-state index >= 15 is 0 Å². The lowest BCUT2D eigenvalue weighted by Gasteiger charge is -2.30. The van der Waals surface area contributed by atoms with E-state index in [1.807, 2.05) is 0 Å². The molecule has 1 rings (SSSR count). The zero-order chi connectivity index (χ0) is 12.0. The molecule has 1 fully saturated rings. The van der Waals surface area contributed by atoms with E-state index in [2.05, 4.69) is 25.7 Å². The van der Waals surface area contributed by atoms with E-state index in [1.54, 1.807) is 0 Å². The van der Waals surface area contributed by atoms with E-state index in [9.17, 15) is 5.11 Å². The number of ether oxygens (including phenoxy) is 2. The van der Waals surface area contributed by atoms with Crippen LogP contribution in [0.4, 0.5) is 0 Å². The van der Waals surface area contributed by atoms with E-state index in [0.717, 1.165) is 32.4 Å². The van der Waals surface area contributed by atoms with E-state index in [0.29, 0.717) is 13.5 Å². The Morgan fingerprint density at radius 3 is 2.50 bits per heavy atom. The Bertz CT molecular complexity index is 189. The van der Waals surface area contributed by atoms with Gasteiger partial charge < -0.3 is 14.6 Å². The highest BCUT2D eigenvalue weighted by Crippen LogP contribution is 2.13. The van der Waals surface area contributed by atoms with Gasteiger partial charge in [-0.3, -0.25) is 4.90 Å². The molecule has 1 saturated heterocycles.